The number of nitrogens with zero attached hydrogens (tertiary/aromatic N) is 3. The Morgan fingerprint density at radius 2 is 0.989 bits per heavy atom. The summed E-state index contributed by atoms with van der Waals surface area (Å²) in [6.07, 6.45) is -33.3. The molecular weight excluding hydrogens is 1180 g/mol. The van der Waals surface area contributed by atoms with E-state index in [2.05, 4.69) is 22.2 Å². The molecule has 35 nitrogen and oxygen atoms in total. The van der Waals surface area contributed by atoms with Gasteiger partial charge in [0.2, 0.25) is 37.4 Å². The first-order chi connectivity index (χ1) is 41.4. The zero-order chi connectivity index (χ0) is 64.7. The van der Waals surface area contributed by atoms with E-state index in [1.165, 1.54) is 4.68 Å². The number of hydrogen-bond donors (Lipinski definition) is 23. The zero-order valence-electron chi connectivity index (χ0n) is 47.2. The van der Waals surface area contributed by atoms with Crippen molar-refractivity contribution in [1.29, 1.82) is 0 Å². The number of allylic oxidation sites excluding steroid dienone is 1. The topological polar surface area (TPSA) is 579 Å². The summed E-state index contributed by atoms with van der Waals surface area (Å²) in [6, 6.07) is 0. The highest BCUT2D eigenvalue weighted by Gasteiger charge is 2.48. The Morgan fingerprint density at radius 1 is 0.552 bits per heavy atom. The Morgan fingerprint density at radius 3 is 1.43 bits per heavy atom. The van der Waals surface area contributed by atoms with Crippen LogP contribution in [0.3, 0.4) is 0 Å². The maximum Gasteiger partial charge on any atom is 0.246 e. The number of amides is 1. The fourth-order valence-corrected chi connectivity index (χ4v) is 9.10. The number of nitrogens with one attached hydrogen (secondary N) is 1. The minimum absolute atomic E-state index is 0.328. The summed E-state index contributed by atoms with van der Waals surface area (Å²) < 4.78 is 44.6. The molecule has 2 bridgehead atoms. The molecule has 23 N–H and O–H groups in total. The molecule has 1 aliphatic carbocycles. The van der Waals surface area contributed by atoms with E-state index in [1.54, 1.807) is 6.08 Å². The molecule has 1 aromatic rings. The van der Waals surface area contributed by atoms with E-state index in [0.29, 0.717) is 56.5 Å². The van der Waals surface area contributed by atoms with Gasteiger partial charge in [-0.15, -0.1) is 11.7 Å². The van der Waals surface area contributed by atoms with Gasteiger partial charge in [-0.1, -0.05) is 24.1 Å². The highest BCUT2D eigenvalue weighted by Crippen LogP contribution is 2.33. The lowest BCUT2D eigenvalue weighted by atomic mass is 9.98. The summed E-state index contributed by atoms with van der Waals surface area (Å²) in [7, 11) is 0. The Labute approximate surface area is 496 Å². The second-order valence-electron chi connectivity index (χ2n) is 20.1. The van der Waals surface area contributed by atoms with Crippen LogP contribution in [0.15, 0.2) is 70.2 Å². The third-order valence-electron chi connectivity index (χ3n) is 13.9. The minimum atomic E-state index is -2.84. The fraction of sp³-hybridized carbons (Fsp3) is 0.712. The van der Waals surface area contributed by atoms with Crippen molar-refractivity contribution in [3.8, 4) is 0 Å². The van der Waals surface area contributed by atoms with E-state index in [4.69, 9.17) is 37.9 Å². The summed E-state index contributed by atoms with van der Waals surface area (Å²) in [5.74, 6) is -15.7. The normalized spacial score (nSPS) is 35.7. The van der Waals surface area contributed by atoms with Crippen LogP contribution in [0.2, 0.25) is 0 Å². The van der Waals surface area contributed by atoms with Crippen LogP contribution in [0, 0.1) is 0 Å². The van der Waals surface area contributed by atoms with Crippen molar-refractivity contribution in [3.63, 3.8) is 0 Å². The van der Waals surface area contributed by atoms with Gasteiger partial charge in [0.25, 0.3) is 0 Å². The number of fused-ring (bicyclic) bond motifs is 23. The van der Waals surface area contributed by atoms with Crippen molar-refractivity contribution >= 4 is 5.91 Å². The van der Waals surface area contributed by atoms with Crippen LogP contribution in [-0.4, -0.2) is 272 Å². The summed E-state index contributed by atoms with van der Waals surface area (Å²) in [5, 5.41) is 249. The van der Waals surface area contributed by atoms with E-state index < -0.39 is 222 Å². The van der Waals surface area contributed by atoms with Gasteiger partial charge < -0.3 is 156 Å². The van der Waals surface area contributed by atoms with Gasteiger partial charge >= 0.3 is 0 Å². The molecule has 5 rings (SSSR count). The molecule has 4 aliphatic rings. The minimum Gasteiger partial charge on any atom is -0.506 e. The first-order valence-electron chi connectivity index (χ1n) is 27.8. The summed E-state index contributed by atoms with van der Waals surface area (Å²) in [4.78, 5) is 12.7. The second kappa shape index (κ2) is 36.7. The van der Waals surface area contributed by atoms with E-state index in [-0.39, 0.29) is 19.1 Å². The molecule has 4 heterocycles. The molecule has 87 heavy (non-hydrogen) atoms. The Balaban J connectivity index is 1.83. The van der Waals surface area contributed by atoms with Crippen LogP contribution < -0.4 is 5.32 Å². The number of aromatic nitrogens is 3. The van der Waals surface area contributed by atoms with Crippen molar-refractivity contribution in [2.45, 2.75) is 189 Å². The number of aliphatic hydroxyl groups excluding tert-OH is 22. The van der Waals surface area contributed by atoms with Crippen LogP contribution in [0.5, 0.6) is 0 Å². The summed E-state index contributed by atoms with van der Waals surface area (Å²) in [6.45, 7) is -1.53. The van der Waals surface area contributed by atoms with Gasteiger partial charge in [0.15, 0.2) is 63.9 Å². The molecule has 0 saturated carbocycles. The quantitative estimate of drug-likeness (QED) is 0.0488. The number of aryl methyl sites for hydroxylation is 1. The Hall–Kier alpha value is -5.75. The molecule has 498 valence electrons. The van der Waals surface area contributed by atoms with Crippen molar-refractivity contribution in [2.24, 2.45) is 0 Å². The Bertz CT molecular complexity index is 2450. The van der Waals surface area contributed by atoms with E-state index in [1.807, 2.05) is 0 Å². The first-order valence-corrected chi connectivity index (χ1v) is 27.8. The van der Waals surface area contributed by atoms with Gasteiger partial charge in [-0.25, -0.2) is 4.68 Å². The average molecular weight is 1260 g/mol. The first kappa shape index (κ1) is 73.7. The number of hydrogen-bond acceptors (Lipinski definition) is 33. The van der Waals surface area contributed by atoms with Crippen molar-refractivity contribution in [3.05, 3.63) is 81.6 Å². The highest BCUT2D eigenvalue weighted by molar-refractivity contribution is 5.77. The summed E-state index contributed by atoms with van der Waals surface area (Å²) in [5.41, 5.74) is 0.811. The molecule has 3 aliphatic heterocycles. The number of ether oxygens (including phenoxy) is 8. The average Bonchev–Trinajstić information content (AvgIpc) is 2.16. The maximum atomic E-state index is 12.7. The SMILES string of the molecule is C=CCCCCNC(=O)COC1CCCCCc2c1nnn2CCC1OC(O)/C(O)=C(/O)C(CCO)OC(O)/C(O)=C(/O)C(CCO)OC(O)/C(O)=C(/O)C(CCO)OC2OC(CO)C(OC(O)/C(O)=C(/O)C(CCO)OC(O)/C(O)=C\1O)C(O)C2O. The molecule has 1 aromatic heterocycles. The van der Waals surface area contributed by atoms with Crippen LogP contribution in [0.4, 0.5) is 0 Å². The maximum absolute atomic E-state index is 12.7. The third-order valence-corrected chi connectivity index (χ3v) is 13.9. The predicted molar refractivity (Wildman–Crippen MR) is 288 cm³/mol. The molecule has 0 aromatic carbocycles. The lowest BCUT2D eigenvalue weighted by Crippen LogP contribution is -2.61. The van der Waals surface area contributed by atoms with Crippen LogP contribution >= 0.6 is 0 Å². The largest absolute Gasteiger partial charge is 0.506 e. The number of carbonyl (C=O) groups is 1. The van der Waals surface area contributed by atoms with Crippen LogP contribution in [0.25, 0.3) is 0 Å². The molecule has 1 amide bonds. The smallest absolute Gasteiger partial charge is 0.246 e. The standard InChI is InChI=1S/C52H84N4O31/c1-2-3-4-8-16-53-32(62)23-80-25-10-7-5-6-9-24-33(25)54-55-56(24)17-11-26-34(63)40(69)48(76)84-29(14-20-59)37(66)44(73)51(79)87-46-31(22-61)86-52(45(74)39(46)68)85-30(15-21-60)38(67)43(72)50(78)83-28(13-19-58)36(65)42(71)49(77)82-27(12-18-57)35(64)41(70)47(75)81-26/h2,25-31,39,45-52,57-61,63-79H,1,3-23H2,(H,53,62)/b40-34-,41-35-,42-36-,43-38-,44-37-. The molecule has 0 radical (unpaired) electrons. The summed E-state index contributed by atoms with van der Waals surface area (Å²) >= 11 is 0. The lowest BCUT2D eigenvalue weighted by Gasteiger charge is -2.43. The highest BCUT2D eigenvalue weighted by atomic mass is 16.7. The van der Waals surface area contributed by atoms with Crippen molar-refractivity contribution in [2.75, 3.05) is 46.2 Å². The number of rotatable bonds is 20. The molecular formula is C52H84N4O31. The van der Waals surface area contributed by atoms with E-state index >= 15 is 0 Å². The monoisotopic (exact) mass is 1260 g/mol. The van der Waals surface area contributed by atoms with Gasteiger partial charge in [-0.3, -0.25) is 4.79 Å². The predicted octanol–water partition coefficient (Wildman–Crippen LogP) is -2.16. The molecule has 1 saturated heterocycles. The van der Waals surface area contributed by atoms with E-state index in [9.17, 15) is 117 Å². The van der Waals surface area contributed by atoms with Gasteiger partial charge in [-0.2, -0.15) is 0 Å². The van der Waals surface area contributed by atoms with E-state index in [0.717, 1.165) is 12.8 Å². The van der Waals surface area contributed by atoms with Crippen LogP contribution in [-0.2, 0) is 55.7 Å². The zero-order valence-corrected chi connectivity index (χ0v) is 47.2. The van der Waals surface area contributed by atoms with Crippen LogP contribution in [0.1, 0.15) is 94.5 Å². The molecule has 0 spiro atoms. The number of unbranched alkanes of at least 4 members (excludes halogenated alkanes) is 2. The fourth-order valence-electron chi connectivity index (χ4n) is 9.10. The van der Waals surface area contributed by atoms with Gasteiger partial charge in [0, 0.05) is 71.6 Å². The van der Waals surface area contributed by atoms with Crippen molar-refractivity contribution < 1.29 is 155 Å². The third kappa shape index (κ3) is 20.7. The van der Waals surface area contributed by atoms with Crippen molar-refractivity contribution in [1.82, 2.24) is 20.3 Å². The number of carbonyl (C=O) groups excluding carboxylic acids is 1. The Kier molecular flexibility index (Phi) is 31.1. The number of aliphatic hydroxyl groups is 22. The molecule has 1 fully saturated rings. The van der Waals surface area contributed by atoms with Gasteiger partial charge in [0.05, 0.1) is 12.3 Å². The lowest BCUT2D eigenvalue weighted by molar-refractivity contribution is -0.329. The molecule has 35 heteroatoms. The second-order valence-corrected chi connectivity index (χ2v) is 20.1. The molecule has 16 unspecified atom stereocenters. The molecule has 16 atom stereocenters. The van der Waals surface area contributed by atoms with Gasteiger partial charge in [-0.05, 0) is 38.5 Å². The van der Waals surface area contributed by atoms with Gasteiger partial charge in [0.1, 0.15) is 73.3 Å².